The Balaban J connectivity index is 1.35. The average molecular weight is 474 g/mol. The minimum absolute atomic E-state index is 0.0389. The topological polar surface area (TPSA) is 78.4 Å². The van der Waals surface area contributed by atoms with Crippen molar-refractivity contribution >= 4 is 38.8 Å². The Hall–Kier alpha value is -3.43. The summed E-state index contributed by atoms with van der Waals surface area (Å²) in [5, 5.41) is 2.89. The lowest BCUT2D eigenvalue weighted by atomic mass is 10.1. The Kier molecular flexibility index (Phi) is 6.21. The van der Waals surface area contributed by atoms with Crippen molar-refractivity contribution in [3.05, 3.63) is 60.3 Å². The van der Waals surface area contributed by atoms with Crippen LogP contribution in [0.2, 0.25) is 0 Å². The van der Waals surface area contributed by atoms with Gasteiger partial charge in [0.2, 0.25) is 0 Å². The lowest BCUT2D eigenvalue weighted by Gasteiger charge is -2.33. The summed E-state index contributed by atoms with van der Waals surface area (Å²) in [6.45, 7) is 3.82. The molecule has 0 bridgehead atoms. The van der Waals surface area contributed by atoms with Crippen LogP contribution >= 0.6 is 11.3 Å². The predicted octanol–water partition coefficient (Wildman–Crippen LogP) is 3.39. The number of fused-ring (bicyclic) bond motifs is 1. The fraction of sp³-hybridized carbons (Fsp3) is 0.320. The molecule has 34 heavy (non-hydrogen) atoms. The van der Waals surface area contributed by atoms with Crippen molar-refractivity contribution in [3.63, 3.8) is 0 Å². The fourth-order valence-corrected chi connectivity index (χ4v) is 4.78. The smallest absolute Gasteiger partial charge is 0.185 e. The van der Waals surface area contributed by atoms with Gasteiger partial charge >= 0.3 is 0 Å². The number of hydrogen-bond acceptors (Lipinski definition) is 9. The number of carbonyl (C=O) groups is 1. The summed E-state index contributed by atoms with van der Waals surface area (Å²) in [4.78, 5) is 38.6. The van der Waals surface area contributed by atoms with Gasteiger partial charge in [-0.1, -0.05) is 11.3 Å². The van der Waals surface area contributed by atoms with Crippen LogP contribution in [0, 0.1) is 0 Å². The van der Waals surface area contributed by atoms with Crippen LogP contribution in [-0.4, -0.2) is 77.9 Å². The Morgan fingerprint density at radius 3 is 2.53 bits per heavy atom. The molecule has 0 amide bonds. The molecule has 0 saturated carbocycles. The summed E-state index contributed by atoms with van der Waals surface area (Å²) in [5.74, 6) is 0.903. The van der Waals surface area contributed by atoms with E-state index in [1.165, 1.54) is 0 Å². The highest BCUT2D eigenvalue weighted by Gasteiger charge is 2.17. The molecule has 174 valence electrons. The number of anilines is 2. The van der Waals surface area contributed by atoms with Gasteiger partial charge in [0.15, 0.2) is 10.9 Å². The van der Waals surface area contributed by atoms with Crippen LogP contribution in [0.3, 0.4) is 0 Å². The molecule has 0 N–H and O–H groups in total. The van der Waals surface area contributed by atoms with E-state index < -0.39 is 0 Å². The van der Waals surface area contributed by atoms with Crippen LogP contribution in [0.5, 0.6) is 0 Å². The highest BCUT2D eigenvalue weighted by Crippen LogP contribution is 2.30. The molecule has 4 aromatic rings. The molecular formula is C25H27N7OS. The molecule has 1 fully saturated rings. The van der Waals surface area contributed by atoms with Crippen LogP contribution in [0.1, 0.15) is 16.1 Å². The average Bonchev–Trinajstić information content (AvgIpc) is 3.35. The highest BCUT2D eigenvalue weighted by atomic mass is 32.1. The zero-order valence-electron chi connectivity index (χ0n) is 19.6. The van der Waals surface area contributed by atoms with Crippen LogP contribution in [0.4, 0.5) is 10.9 Å². The first-order valence-electron chi connectivity index (χ1n) is 11.3. The van der Waals surface area contributed by atoms with Crippen molar-refractivity contribution in [1.82, 2.24) is 24.8 Å². The second-order valence-corrected chi connectivity index (χ2v) is 9.80. The summed E-state index contributed by atoms with van der Waals surface area (Å²) >= 11 is 1.60. The number of Topliss-reactive ketones (excluding diaryl/α,β-unsaturated/α-hetero) is 1. The molecule has 5 heterocycles. The first-order chi connectivity index (χ1) is 16.5. The minimum atomic E-state index is 0.0389. The predicted molar refractivity (Wildman–Crippen MR) is 137 cm³/mol. The molecule has 0 radical (unpaired) electrons. The van der Waals surface area contributed by atoms with Crippen LogP contribution in [0.15, 0.2) is 49.1 Å². The van der Waals surface area contributed by atoms with Gasteiger partial charge in [-0.3, -0.25) is 14.8 Å². The monoisotopic (exact) mass is 473 g/mol. The number of nitrogens with zero attached hydrogens (tertiary/aromatic N) is 7. The Labute approximate surface area is 202 Å². The van der Waals surface area contributed by atoms with E-state index in [1.807, 2.05) is 49.6 Å². The van der Waals surface area contributed by atoms with Gasteiger partial charge in [0.25, 0.3) is 0 Å². The van der Waals surface area contributed by atoms with Gasteiger partial charge in [0.1, 0.15) is 5.82 Å². The standard InChI is InChI=1S/C25H27N7OS/c1-30(2)25-29-16-23(34-25)21-11-18-10-20(27-14-19(18)15-28-21)13-22(33)17-4-5-26-24(12-17)32-8-6-31(3)7-9-32/h4-5,10-12,14-16H,6-9,13H2,1-3H3. The normalized spacial score (nSPS) is 14.5. The molecule has 9 heteroatoms. The van der Waals surface area contributed by atoms with E-state index in [-0.39, 0.29) is 12.2 Å². The first kappa shape index (κ1) is 22.4. The highest BCUT2D eigenvalue weighted by molar-refractivity contribution is 7.18. The SMILES string of the molecule is CN1CCN(c2cc(C(=O)Cc3cc4cc(-c5cnc(N(C)C)s5)ncc4cn3)ccn2)CC1. The first-order valence-corrected chi connectivity index (χ1v) is 12.1. The van der Waals surface area contributed by atoms with E-state index in [0.717, 1.165) is 64.2 Å². The maximum absolute atomic E-state index is 13.1. The fourth-order valence-electron chi connectivity index (χ4n) is 3.97. The Morgan fingerprint density at radius 1 is 0.971 bits per heavy atom. The number of likely N-dealkylation sites (N-methyl/N-ethyl adjacent to an activating group) is 1. The molecule has 4 aromatic heterocycles. The quantitative estimate of drug-likeness (QED) is 0.395. The van der Waals surface area contributed by atoms with E-state index in [2.05, 4.69) is 36.8 Å². The van der Waals surface area contributed by atoms with Crippen LogP contribution < -0.4 is 9.80 Å². The van der Waals surface area contributed by atoms with Crippen molar-refractivity contribution in [2.45, 2.75) is 6.42 Å². The summed E-state index contributed by atoms with van der Waals surface area (Å²) < 4.78 is 0. The van der Waals surface area contributed by atoms with Crippen molar-refractivity contribution in [2.24, 2.45) is 0 Å². The van der Waals surface area contributed by atoms with Gasteiger partial charge < -0.3 is 14.7 Å². The second kappa shape index (κ2) is 9.44. The van der Waals surface area contributed by atoms with Crippen molar-refractivity contribution in [1.29, 1.82) is 0 Å². The number of piperazine rings is 1. The van der Waals surface area contributed by atoms with E-state index in [9.17, 15) is 4.79 Å². The maximum Gasteiger partial charge on any atom is 0.185 e. The Morgan fingerprint density at radius 2 is 1.76 bits per heavy atom. The van der Waals surface area contributed by atoms with Gasteiger partial charge in [-0.2, -0.15) is 0 Å². The summed E-state index contributed by atoms with van der Waals surface area (Å²) in [6, 6.07) is 7.71. The molecule has 1 aliphatic rings. The number of hydrogen-bond donors (Lipinski definition) is 0. The van der Waals surface area contributed by atoms with Gasteiger partial charge in [0.05, 0.1) is 17.0 Å². The number of rotatable bonds is 6. The van der Waals surface area contributed by atoms with Gasteiger partial charge in [-0.25, -0.2) is 9.97 Å². The summed E-state index contributed by atoms with van der Waals surface area (Å²) in [6.07, 6.45) is 7.42. The number of aromatic nitrogens is 4. The third kappa shape index (κ3) is 4.76. The molecule has 8 nitrogen and oxygen atoms in total. The van der Waals surface area contributed by atoms with E-state index in [0.29, 0.717) is 5.56 Å². The van der Waals surface area contributed by atoms with Crippen LogP contribution in [-0.2, 0) is 6.42 Å². The molecule has 0 aliphatic carbocycles. The number of thiazole rings is 1. The van der Waals surface area contributed by atoms with Crippen LogP contribution in [0.25, 0.3) is 21.3 Å². The molecule has 0 aromatic carbocycles. The summed E-state index contributed by atoms with van der Waals surface area (Å²) in [7, 11) is 6.07. The molecule has 0 atom stereocenters. The minimum Gasteiger partial charge on any atom is -0.354 e. The van der Waals surface area contributed by atoms with Crippen molar-refractivity contribution in [3.8, 4) is 10.6 Å². The molecule has 5 rings (SSSR count). The molecule has 1 saturated heterocycles. The van der Waals surface area contributed by atoms with E-state index >= 15 is 0 Å². The lowest BCUT2D eigenvalue weighted by Crippen LogP contribution is -2.44. The lowest BCUT2D eigenvalue weighted by molar-refractivity contribution is 0.0992. The third-order valence-corrected chi connectivity index (χ3v) is 7.21. The van der Waals surface area contributed by atoms with Crippen molar-refractivity contribution < 1.29 is 4.79 Å². The van der Waals surface area contributed by atoms with Crippen molar-refractivity contribution in [2.75, 3.05) is 57.1 Å². The molecule has 0 unspecified atom stereocenters. The van der Waals surface area contributed by atoms with E-state index in [4.69, 9.17) is 0 Å². The maximum atomic E-state index is 13.1. The van der Waals surface area contributed by atoms with Gasteiger partial charge in [-0.05, 0) is 36.7 Å². The molecular weight excluding hydrogens is 446 g/mol. The second-order valence-electron chi connectivity index (χ2n) is 8.79. The van der Waals surface area contributed by atoms with Gasteiger partial charge in [-0.15, -0.1) is 0 Å². The largest absolute Gasteiger partial charge is 0.354 e. The zero-order chi connectivity index (χ0) is 23.7. The third-order valence-electron chi connectivity index (χ3n) is 6.02. The number of pyridine rings is 3. The molecule has 0 spiro atoms. The number of carbonyl (C=O) groups excluding carboxylic acids is 1. The summed E-state index contributed by atoms with van der Waals surface area (Å²) in [5.41, 5.74) is 2.28. The number of ketones is 1. The zero-order valence-corrected chi connectivity index (χ0v) is 20.4. The molecule has 1 aliphatic heterocycles. The van der Waals surface area contributed by atoms with Gasteiger partial charge in [0, 0.05) is 81.7 Å². The Bertz CT molecular complexity index is 1330. The van der Waals surface area contributed by atoms with E-state index in [1.54, 1.807) is 29.8 Å².